The van der Waals surface area contributed by atoms with Crippen molar-refractivity contribution in [3.63, 3.8) is 0 Å². The second-order valence-corrected chi connectivity index (χ2v) is 1.06. The average Bonchev–Trinajstić information content (AvgIpc) is 1.82. The molecule has 0 saturated heterocycles. The number of hydrogen-bond acceptors (Lipinski definition) is 3. The van der Waals surface area contributed by atoms with E-state index >= 15 is 0 Å². The molecule has 0 radical (unpaired) electrons. The Morgan fingerprint density at radius 2 is 2.11 bits per heavy atom. The number of carboxylic acid groups (broad SMARTS) is 1. The minimum atomic E-state index is -1.48. The van der Waals surface area contributed by atoms with Crippen molar-refractivity contribution in [3.05, 3.63) is 11.3 Å². The molecular weight excluding hydrogens is 124 g/mol. The zero-order valence-corrected chi connectivity index (χ0v) is 4.25. The predicted octanol–water partition coefficient (Wildman–Crippen LogP) is -0.817. The summed E-state index contributed by atoms with van der Waals surface area (Å²) in [6, 6.07) is 0. The normalized spacial score (nSPS) is 6.67. The van der Waals surface area contributed by atoms with Gasteiger partial charge in [0.05, 0.1) is 0 Å². The van der Waals surface area contributed by atoms with Crippen LogP contribution in [-0.2, 0) is 14.4 Å². The van der Waals surface area contributed by atoms with Crippen molar-refractivity contribution in [2.45, 2.75) is 0 Å². The van der Waals surface area contributed by atoms with Gasteiger partial charge in [-0.3, -0.25) is 4.79 Å². The van der Waals surface area contributed by atoms with E-state index in [1.165, 1.54) is 0 Å². The Kier molecular flexibility index (Phi) is 2.77. The van der Waals surface area contributed by atoms with Crippen molar-refractivity contribution in [1.82, 2.24) is 0 Å². The van der Waals surface area contributed by atoms with E-state index < -0.39 is 11.5 Å². The fraction of sp³-hybridized carbons (Fsp3) is 0. The number of hydrogen-bond donors (Lipinski definition) is 1. The Bertz CT molecular complexity index is 215. The third-order valence-corrected chi connectivity index (χ3v) is 0.534. The zero-order chi connectivity index (χ0) is 7.28. The summed E-state index contributed by atoms with van der Waals surface area (Å²) < 4.78 is 0. The molecule has 0 aromatic heterocycles. The number of rotatable bonds is 2. The number of carbonyl (C=O) groups is 2. The van der Waals surface area contributed by atoms with Gasteiger partial charge in [0, 0.05) is 0 Å². The highest BCUT2D eigenvalue weighted by Crippen LogP contribution is 1.81. The van der Waals surface area contributed by atoms with E-state index in [1.807, 2.05) is 0 Å². The van der Waals surface area contributed by atoms with Crippen LogP contribution in [0, 0.1) is 0 Å². The molecule has 0 aromatic carbocycles. The van der Waals surface area contributed by atoms with Crippen LogP contribution in [0.15, 0.2) is 11.3 Å². The van der Waals surface area contributed by atoms with Gasteiger partial charge in [0.25, 0.3) is 0 Å². The van der Waals surface area contributed by atoms with E-state index in [0.717, 1.165) is 5.94 Å². The summed E-state index contributed by atoms with van der Waals surface area (Å²) in [6.45, 7) is 0. The largest absolute Gasteiger partial charge is 0.477 e. The van der Waals surface area contributed by atoms with E-state index in [1.54, 1.807) is 5.73 Å². The second-order valence-electron chi connectivity index (χ2n) is 1.06. The Balaban J connectivity index is 4.77. The molecule has 0 aromatic rings. The van der Waals surface area contributed by atoms with Gasteiger partial charge in [0.15, 0.2) is 17.8 Å². The van der Waals surface area contributed by atoms with Crippen LogP contribution in [0.1, 0.15) is 0 Å². The van der Waals surface area contributed by atoms with Crippen LogP contribution >= 0.6 is 0 Å². The second kappa shape index (κ2) is 3.38. The minimum absolute atomic E-state index is 0.0211. The van der Waals surface area contributed by atoms with Crippen molar-refractivity contribution in [3.8, 4) is 0 Å². The van der Waals surface area contributed by atoms with Gasteiger partial charge in [0.1, 0.15) is 0 Å². The van der Waals surface area contributed by atoms with Crippen LogP contribution in [0.5, 0.6) is 0 Å². The molecule has 0 rings (SSSR count). The van der Waals surface area contributed by atoms with Crippen LogP contribution < -0.4 is 0 Å². The smallest absolute Gasteiger partial charge is 0.347 e. The highest BCUT2D eigenvalue weighted by molar-refractivity contribution is 6.07. The van der Waals surface area contributed by atoms with Crippen LogP contribution in [-0.4, -0.2) is 23.3 Å². The van der Waals surface area contributed by atoms with Gasteiger partial charge in [-0.2, -0.15) is 0 Å². The monoisotopic (exact) mass is 126 g/mol. The Hall–Kier alpha value is -1.63. The summed E-state index contributed by atoms with van der Waals surface area (Å²) in [7, 11) is 0. The van der Waals surface area contributed by atoms with Gasteiger partial charge in [-0.1, -0.05) is 0 Å². The van der Waals surface area contributed by atoms with E-state index in [-0.39, 0.29) is 6.29 Å². The van der Waals surface area contributed by atoms with Crippen LogP contribution in [0.4, 0.5) is 0 Å². The summed E-state index contributed by atoms with van der Waals surface area (Å²) in [5.74, 6) is -0.427. The molecule has 0 saturated carbocycles. The van der Waals surface area contributed by atoms with Crippen LogP contribution in [0.25, 0.3) is 0 Å². The van der Waals surface area contributed by atoms with E-state index in [9.17, 15) is 14.4 Å². The molecule has 4 nitrogen and oxygen atoms in total. The zero-order valence-electron chi connectivity index (χ0n) is 4.25. The fourth-order valence-corrected chi connectivity index (χ4v) is 0.188. The van der Waals surface area contributed by atoms with E-state index in [0.29, 0.717) is 0 Å². The minimum Gasteiger partial charge on any atom is -0.477 e. The van der Waals surface area contributed by atoms with E-state index in [2.05, 4.69) is 0 Å². The summed E-state index contributed by atoms with van der Waals surface area (Å²) in [5.41, 5.74) is 0.858. The molecule has 0 heterocycles. The average molecular weight is 126 g/mol. The lowest BCUT2D eigenvalue weighted by atomic mass is 10.3. The van der Waals surface area contributed by atoms with Gasteiger partial charge in [-0.05, 0) is 5.73 Å². The molecule has 0 aliphatic carbocycles. The molecule has 0 aliphatic rings. The van der Waals surface area contributed by atoms with Gasteiger partial charge >= 0.3 is 5.97 Å². The summed E-state index contributed by atoms with van der Waals surface area (Å²) in [6.07, 6.45) is 0.0211. The molecule has 9 heavy (non-hydrogen) atoms. The van der Waals surface area contributed by atoms with Crippen molar-refractivity contribution in [1.29, 1.82) is 0 Å². The first kappa shape index (κ1) is 7.37. The number of carbonyl (C=O) groups excluding carboxylic acids is 2. The van der Waals surface area contributed by atoms with Crippen LogP contribution in [0.3, 0.4) is 0 Å². The van der Waals surface area contributed by atoms with Crippen LogP contribution in [0.2, 0.25) is 0 Å². The molecule has 0 aliphatic heterocycles. The number of aldehydes is 1. The lowest BCUT2D eigenvalue weighted by Gasteiger charge is -1.78. The SMILES string of the molecule is O=C=C=C(C=O)C(=O)O. The maximum Gasteiger partial charge on any atom is 0.347 e. The summed E-state index contributed by atoms with van der Waals surface area (Å²) in [4.78, 5) is 28.9. The van der Waals surface area contributed by atoms with Gasteiger partial charge in [-0.25, -0.2) is 9.59 Å². The lowest BCUT2D eigenvalue weighted by molar-refractivity contribution is -0.133. The molecule has 0 unspecified atom stereocenters. The standard InChI is InChI=1S/C5H2O4/c6-2-1-4(3-7)5(8)9/h3H,(H,8,9). The van der Waals surface area contributed by atoms with Gasteiger partial charge in [-0.15, -0.1) is 0 Å². The molecule has 0 atom stereocenters. The third-order valence-electron chi connectivity index (χ3n) is 0.534. The maximum atomic E-state index is 9.81. The number of aliphatic carboxylic acids is 1. The Morgan fingerprint density at radius 3 is 2.22 bits per heavy atom. The molecule has 0 fully saturated rings. The quantitative estimate of drug-likeness (QED) is 0.131. The molecule has 0 amide bonds. The number of carboxylic acids is 1. The fourth-order valence-electron chi connectivity index (χ4n) is 0.188. The highest BCUT2D eigenvalue weighted by Gasteiger charge is 2.02. The van der Waals surface area contributed by atoms with Crippen molar-refractivity contribution in [2.75, 3.05) is 0 Å². The van der Waals surface area contributed by atoms with Crippen molar-refractivity contribution in [2.24, 2.45) is 0 Å². The molecule has 0 bridgehead atoms. The van der Waals surface area contributed by atoms with Crippen molar-refractivity contribution < 1.29 is 19.5 Å². The van der Waals surface area contributed by atoms with E-state index in [4.69, 9.17) is 5.11 Å². The van der Waals surface area contributed by atoms with Crippen molar-refractivity contribution >= 4 is 18.2 Å². The van der Waals surface area contributed by atoms with Gasteiger partial charge in [0.2, 0.25) is 0 Å². The topological polar surface area (TPSA) is 71.4 Å². The first-order valence-corrected chi connectivity index (χ1v) is 1.91. The molecule has 46 valence electrons. The Labute approximate surface area is 50.1 Å². The predicted molar refractivity (Wildman–Crippen MR) is 26.4 cm³/mol. The third kappa shape index (κ3) is 2.24. The van der Waals surface area contributed by atoms with Gasteiger partial charge < -0.3 is 5.11 Å². The summed E-state index contributed by atoms with van der Waals surface area (Å²) in [5, 5.41) is 7.99. The molecular formula is C5H2O4. The summed E-state index contributed by atoms with van der Waals surface area (Å²) >= 11 is 0. The first-order chi connectivity index (χ1) is 4.22. The lowest BCUT2D eigenvalue weighted by Crippen LogP contribution is -1.99. The first-order valence-electron chi connectivity index (χ1n) is 1.91. The molecule has 4 heteroatoms. The Morgan fingerprint density at radius 1 is 1.56 bits per heavy atom. The maximum absolute atomic E-state index is 9.81. The highest BCUT2D eigenvalue weighted by atomic mass is 16.4. The molecule has 0 spiro atoms. The molecule has 1 N–H and O–H groups in total.